The average molecular weight is 447 g/mol. The van der Waals surface area contributed by atoms with Gasteiger partial charge in [-0.1, -0.05) is 38.0 Å². The molecule has 6 rings (SSSR count). The van der Waals surface area contributed by atoms with E-state index in [0.29, 0.717) is 0 Å². The van der Waals surface area contributed by atoms with E-state index in [1.807, 2.05) is 12.1 Å². The van der Waals surface area contributed by atoms with Crippen molar-refractivity contribution in [3.8, 4) is 16.9 Å². The first-order valence-electron chi connectivity index (χ1n) is 12.9. The predicted molar refractivity (Wildman–Crippen MR) is 135 cm³/mol. The van der Waals surface area contributed by atoms with E-state index in [0.717, 1.165) is 58.8 Å². The van der Waals surface area contributed by atoms with Crippen molar-refractivity contribution in [1.29, 1.82) is 0 Å². The van der Waals surface area contributed by atoms with E-state index in [2.05, 4.69) is 47.9 Å². The maximum Gasteiger partial charge on any atom is 0.253 e. The lowest BCUT2D eigenvalue weighted by molar-refractivity contribution is -0.0166. The molecule has 4 nitrogen and oxygen atoms in total. The van der Waals surface area contributed by atoms with Crippen LogP contribution < -0.4 is 15.4 Å². The number of amides is 1. The monoisotopic (exact) mass is 446 g/mol. The predicted octanol–water partition coefficient (Wildman–Crippen LogP) is 6.66. The zero-order valence-electron chi connectivity index (χ0n) is 20.2. The Balaban J connectivity index is 1.40. The molecule has 0 aliphatic heterocycles. The summed E-state index contributed by atoms with van der Waals surface area (Å²) in [5, 5.41) is 7.13. The van der Waals surface area contributed by atoms with Gasteiger partial charge in [0.05, 0.1) is 12.7 Å². The summed E-state index contributed by atoms with van der Waals surface area (Å²) in [6, 6.07) is 14.3. The number of anilines is 1. The number of methoxy groups -OCH3 is 1. The molecular weight excluding hydrogens is 408 g/mol. The summed E-state index contributed by atoms with van der Waals surface area (Å²) in [6.45, 7) is 3.11. The lowest BCUT2D eigenvalue weighted by atomic mass is 9.53. The third-order valence-electron chi connectivity index (χ3n) is 8.20. The molecular formula is C29H38N2O2. The Hall–Kier alpha value is -2.49. The molecule has 33 heavy (non-hydrogen) atoms. The molecule has 4 saturated carbocycles. The molecule has 4 bridgehead atoms. The Labute approximate surface area is 198 Å². The van der Waals surface area contributed by atoms with Crippen molar-refractivity contribution in [1.82, 2.24) is 5.32 Å². The van der Waals surface area contributed by atoms with Crippen molar-refractivity contribution in [3.05, 3.63) is 48.0 Å². The number of ether oxygens (including phenoxy) is 1. The summed E-state index contributed by atoms with van der Waals surface area (Å²) in [6.07, 6.45) is 11.2. The molecule has 4 heteroatoms. The maximum atomic E-state index is 13.8. The Kier molecular flexibility index (Phi) is 6.36. The fourth-order valence-corrected chi connectivity index (χ4v) is 7.02. The van der Waals surface area contributed by atoms with Crippen molar-refractivity contribution in [3.63, 3.8) is 0 Å². The van der Waals surface area contributed by atoms with Crippen LogP contribution in [0.25, 0.3) is 11.1 Å². The normalized spacial score (nSPS) is 27.4. The number of nitrogens with one attached hydrogen (secondary N) is 2. The molecule has 176 valence electrons. The molecule has 4 aliphatic rings. The number of unbranched alkanes of at least 4 members (excludes halogenated alkanes) is 2. The second kappa shape index (κ2) is 9.40. The van der Waals surface area contributed by atoms with E-state index in [1.54, 1.807) is 7.11 Å². The van der Waals surface area contributed by atoms with Gasteiger partial charge in [0.2, 0.25) is 0 Å². The highest BCUT2D eigenvalue weighted by Gasteiger charge is 2.51. The number of benzene rings is 2. The zero-order valence-corrected chi connectivity index (χ0v) is 20.2. The highest BCUT2D eigenvalue weighted by atomic mass is 16.5. The van der Waals surface area contributed by atoms with Crippen LogP contribution >= 0.6 is 0 Å². The van der Waals surface area contributed by atoms with Gasteiger partial charge in [-0.15, -0.1) is 0 Å². The van der Waals surface area contributed by atoms with E-state index in [9.17, 15) is 4.79 Å². The van der Waals surface area contributed by atoms with Gasteiger partial charge in [0.25, 0.3) is 5.91 Å². The lowest BCUT2D eigenvalue weighted by Gasteiger charge is -2.56. The van der Waals surface area contributed by atoms with Gasteiger partial charge in [0.1, 0.15) is 5.75 Å². The summed E-state index contributed by atoms with van der Waals surface area (Å²) in [7, 11) is 1.68. The van der Waals surface area contributed by atoms with Gasteiger partial charge in [-0.3, -0.25) is 4.79 Å². The third kappa shape index (κ3) is 4.76. The van der Waals surface area contributed by atoms with Crippen LogP contribution in [0.1, 0.15) is 75.1 Å². The minimum absolute atomic E-state index is 0.0153. The zero-order chi connectivity index (χ0) is 22.8. The minimum atomic E-state index is 0.0153. The Morgan fingerprint density at radius 1 is 0.939 bits per heavy atom. The summed E-state index contributed by atoms with van der Waals surface area (Å²) < 4.78 is 5.31. The third-order valence-corrected chi connectivity index (χ3v) is 8.20. The molecule has 0 heterocycles. The first kappa shape index (κ1) is 22.3. The summed E-state index contributed by atoms with van der Waals surface area (Å²) in [5.74, 6) is 3.37. The molecule has 0 aromatic heterocycles. The first-order valence-corrected chi connectivity index (χ1v) is 12.9. The van der Waals surface area contributed by atoms with Crippen molar-refractivity contribution < 1.29 is 9.53 Å². The molecule has 0 saturated heterocycles. The second-order valence-corrected chi connectivity index (χ2v) is 10.8. The van der Waals surface area contributed by atoms with E-state index >= 15 is 0 Å². The van der Waals surface area contributed by atoms with Crippen LogP contribution in [0.2, 0.25) is 0 Å². The van der Waals surface area contributed by atoms with Gasteiger partial charge >= 0.3 is 0 Å². The fourth-order valence-electron chi connectivity index (χ4n) is 7.02. The van der Waals surface area contributed by atoms with Gasteiger partial charge in [-0.05, 0) is 98.1 Å². The van der Waals surface area contributed by atoms with E-state index in [4.69, 9.17) is 4.74 Å². The van der Waals surface area contributed by atoms with Crippen LogP contribution in [0.4, 0.5) is 5.69 Å². The van der Waals surface area contributed by atoms with Crippen LogP contribution in [0.15, 0.2) is 42.5 Å². The highest BCUT2D eigenvalue weighted by molar-refractivity contribution is 6.01. The van der Waals surface area contributed by atoms with Crippen molar-refractivity contribution in [2.24, 2.45) is 17.8 Å². The summed E-state index contributed by atoms with van der Waals surface area (Å²) in [5.41, 5.74) is 3.90. The smallest absolute Gasteiger partial charge is 0.253 e. The summed E-state index contributed by atoms with van der Waals surface area (Å²) in [4.78, 5) is 13.8. The molecule has 0 spiro atoms. The number of rotatable bonds is 9. The molecule has 4 aliphatic carbocycles. The van der Waals surface area contributed by atoms with Gasteiger partial charge < -0.3 is 15.4 Å². The van der Waals surface area contributed by atoms with Gasteiger partial charge in [-0.25, -0.2) is 0 Å². The number of carbonyl (C=O) groups excluding carboxylic acids is 1. The first-order chi connectivity index (χ1) is 16.1. The van der Waals surface area contributed by atoms with E-state index in [-0.39, 0.29) is 11.4 Å². The van der Waals surface area contributed by atoms with E-state index in [1.165, 1.54) is 51.4 Å². The lowest BCUT2D eigenvalue weighted by Crippen LogP contribution is -2.59. The van der Waals surface area contributed by atoms with Gasteiger partial charge in [0, 0.05) is 17.8 Å². The number of hydrogen-bond acceptors (Lipinski definition) is 3. The topological polar surface area (TPSA) is 50.4 Å². The van der Waals surface area contributed by atoms with Gasteiger partial charge in [-0.2, -0.15) is 0 Å². The molecule has 2 aromatic carbocycles. The Morgan fingerprint density at radius 3 is 2.18 bits per heavy atom. The highest BCUT2D eigenvalue weighted by Crippen LogP contribution is 2.55. The van der Waals surface area contributed by atoms with Crippen molar-refractivity contribution in [2.75, 3.05) is 19.0 Å². The van der Waals surface area contributed by atoms with Crippen LogP contribution in [0.3, 0.4) is 0 Å². The molecule has 1 amide bonds. The van der Waals surface area contributed by atoms with E-state index < -0.39 is 0 Å². The molecule has 2 aromatic rings. The fraction of sp³-hybridized carbons (Fsp3) is 0.552. The molecule has 2 N–H and O–H groups in total. The molecule has 0 unspecified atom stereocenters. The average Bonchev–Trinajstić information content (AvgIpc) is 2.81. The van der Waals surface area contributed by atoms with Crippen LogP contribution in [0, 0.1) is 17.8 Å². The standard InChI is InChI=1S/C29H38N2O2/c1-3-4-5-12-30-27-11-8-24(23-6-9-25(33-2)10-7-23)16-26(27)28(32)31-29-17-20-13-21(18-29)15-22(14-20)19-29/h6-11,16,20-22,30H,3-5,12-15,17-19H2,1-2H3,(H,31,32). The molecule has 0 radical (unpaired) electrons. The minimum Gasteiger partial charge on any atom is -0.497 e. The van der Waals surface area contributed by atoms with Gasteiger partial charge in [0.15, 0.2) is 0 Å². The van der Waals surface area contributed by atoms with Crippen LogP contribution in [-0.4, -0.2) is 25.1 Å². The SMILES string of the molecule is CCCCCNc1ccc(-c2ccc(OC)cc2)cc1C(=O)NC12CC3CC(CC(C3)C1)C2. The molecule has 4 fully saturated rings. The largest absolute Gasteiger partial charge is 0.497 e. The van der Waals surface area contributed by atoms with Crippen LogP contribution in [-0.2, 0) is 0 Å². The second-order valence-electron chi connectivity index (χ2n) is 10.8. The van der Waals surface area contributed by atoms with Crippen LogP contribution in [0.5, 0.6) is 5.75 Å². The quantitative estimate of drug-likeness (QED) is 0.423. The summed E-state index contributed by atoms with van der Waals surface area (Å²) >= 11 is 0. The maximum absolute atomic E-state index is 13.8. The molecule has 0 atom stereocenters. The number of carbonyl (C=O) groups is 1. The van der Waals surface area contributed by atoms with Crippen molar-refractivity contribution >= 4 is 11.6 Å². The number of hydrogen-bond donors (Lipinski definition) is 2. The van der Waals surface area contributed by atoms with Crippen molar-refractivity contribution in [2.45, 2.75) is 70.3 Å². The Bertz CT molecular complexity index is 946. The Morgan fingerprint density at radius 2 is 1.58 bits per heavy atom.